The number of carbonyl (C=O) groups excluding carboxylic acids is 2. The van der Waals surface area contributed by atoms with Crippen LogP contribution in [-0.2, 0) is 24.2 Å². The standard InChI is InChI=1S/C28H30FN5O2/c1-2-32-27(36)34(25-15-21-5-3-4-6-22(21)16-25)26(35)28(32)11-13-31(14-12-28)18-20-17-30-33(19-20)24-9-7-23(29)8-10-24/h3-10,17,19,25H,2,11-16,18H2,1H3. The Morgan fingerprint density at radius 1 is 1.00 bits per heavy atom. The Hall–Kier alpha value is -3.52. The predicted octanol–water partition coefficient (Wildman–Crippen LogP) is 3.80. The Kier molecular flexibility index (Phi) is 5.63. The van der Waals surface area contributed by atoms with Crippen molar-refractivity contribution in [3.8, 4) is 5.69 Å². The summed E-state index contributed by atoms with van der Waals surface area (Å²) in [6, 6.07) is 14.3. The summed E-state index contributed by atoms with van der Waals surface area (Å²) in [5, 5.41) is 4.42. The van der Waals surface area contributed by atoms with Crippen LogP contribution in [0.4, 0.5) is 9.18 Å². The molecule has 0 unspecified atom stereocenters. The van der Waals surface area contributed by atoms with Crippen LogP contribution < -0.4 is 0 Å². The van der Waals surface area contributed by atoms with Crippen LogP contribution in [0.15, 0.2) is 60.9 Å². The second kappa shape index (κ2) is 8.85. The van der Waals surface area contributed by atoms with E-state index in [1.54, 1.807) is 21.7 Å². The number of carbonyl (C=O) groups is 2. The molecule has 2 aromatic carbocycles. The topological polar surface area (TPSA) is 61.7 Å². The maximum atomic E-state index is 13.9. The van der Waals surface area contributed by atoms with Gasteiger partial charge in [-0.1, -0.05) is 24.3 Å². The van der Waals surface area contributed by atoms with Crippen LogP contribution in [-0.4, -0.2) is 67.6 Å². The fourth-order valence-corrected chi connectivity index (χ4v) is 6.22. The number of benzene rings is 2. The molecule has 2 saturated heterocycles. The largest absolute Gasteiger partial charge is 0.327 e. The van der Waals surface area contributed by atoms with Crippen LogP contribution >= 0.6 is 0 Å². The number of hydrogen-bond donors (Lipinski definition) is 0. The zero-order chi connectivity index (χ0) is 24.9. The van der Waals surface area contributed by atoms with E-state index in [0.717, 1.165) is 37.2 Å². The monoisotopic (exact) mass is 487 g/mol. The fraction of sp³-hybridized carbons (Fsp3) is 0.393. The minimum absolute atomic E-state index is 0.0177. The number of amides is 3. The summed E-state index contributed by atoms with van der Waals surface area (Å²) in [5.74, 6) is -0.290. The normalized spacial score (nSPS) is 20.1. The molecule has 6 rings (SSSR count). The van der Waals surface area contributed by atoms with Gasteiger partial charge in [-0.2, -0.15) is 5.10 Å². The first-order valence-corrected chi connectivity index (χ1v) is 12.7. The van der Waals surface area contributed by atoms with Crippen molar-refractivity contribution < 1.29 is 14.0 Å². The number of aromatic nitrogens is 2. The lowest BCUT2D eigenvalue weighted by atomic mass is 9.85. The van der Waals surface area contributed by atoms with Crippen LogP contribution in [0.5, 0.6) is 0 Å². The second-order valence-corrected chi connectivity index (χ2v) is 10.1. The maximum Gasteiger partial charge on any atom is 0.327 e. The predicted molar refractivity (Wildman–Crippen MR) is 133 cm³/mol. The molecule has 7 nitrogen and oxygen atoms in total. The number of halogens is 1. The maximum absolute atomic E-state index is 13.9. The van der Waals surface area contributed by atoms with Gasteiger partial charge in [0.25, 0.3) is 5.91 Å². The van der Waals surface area contributed by atoms with Gasteiger partial charge in [0, 0.05) is 44.0 Å². The highest BCUT2D eigenvalue weighted by Gasteiger charge is 2.59. The van der Waals surface area contributed by atoms with E-state index in [0.29, 0.717) is 25.9 Å². The van der Waals surface area contributed by atoms with E-state index in [9.17, 15) is 14.0 Å². The van der Waals surface area contributed by atoms with Gasteiger partial charge in [0.1, 0.15) is 11.4 Å². The van der Waals surface area contributed by atoms with Gasteiger partial charge in [0.15, 0.2) is 0 Å². The van der Waals surface area contributed by atoms with Crippen LogP contribution in [0.2, 0.25) is 0 Å². The van der Waals surface area contributed by atoms with Crippen LogP contribution in [0.1, 0.15) is 36.5 Å². The van der Waals surface area contributed by atoms with Crippen LogP contribution in [0, 0.1) is 5.82 Å². The van der Waals surface area contributed by atoms with E-state index < -0.39 is 5.54 Å². The Bertz CT molecular complexity index is 1270. The van der Waals surface area contributed by atoms with Crippen LogP contribution in [0.25, 0.3) is 5.69 Å². The van der Waals surface area contributed by atoms with E-state index >= 15 is 0 Å². The van der Waals surface area contributed by atoms with Crippen molar-refractivity contribution >= 4 is 11.9 Å². The van der Waals surface area contributed by atoms with Gasteiger partial charge in [0.05, 0.1) is 11.9 Å². The first-order chi connectivity index (χ1) is 17.5. The summed E-state index contributed by atoms with van der Waals surface area (Å²) in [6.07, 6.45) is 6.54. The highest BCUT2D eigenvalue weighted by molar-refractivity contribution is 6.07. The molecule has 8 heteroatoms. The van der Waals surface area contributed by atoms with Crippen molar-refractivity contribution in [3.05, 3.63) is 83.4 Å². The summed E-state index contributed by atoms with van der Waals surface area (Å²) in [6.45, 7) is 4.68. The van der Waals surface area contributed by atoms with Gasteiger partial charge in [-0.25, -0.2) is 13.9 Å². The van der Waals surface area contributed by atoms with E-state index in [-0.39, 0.29) is 23.8 Å². The molecule has 3 amide bonds. The summed E-state index contributed by atoms with van der Waals surface area (Å²) < 4.78 is 15.0. The molecule has 0 atom stereocenters. The third-order valence-corrected chi connectivity index (χ3v) is 8.10. The highest BCUT2D eigenvalue weighted by atomic mass is 19.1. The number of likely N-dealkylation sites (N-methyl/N-ethyl adjacent to an activating group) is 1. The molecule has 0 bridgehead atoms. The summed E-state index contributed by atoms with van der Waals surface area (Å²) in [4.78, 5) is 33.0. The molecule has 3 aliphatic rings. The average Bonchev–Trinajstić information content (AvgIpc) is 3.57. The minimum Gasteiger partial charge on any atom is -0.310 e. The van der Waals surface area contributed by atoms with Gasteiger partial charge < -0.3 is 4.90 Å². The molecule has 186 valence electrons. The van der Waals surface area contributed by atoms with E-state index in [1.165, 1.54) is 23.3 Å². The molecule has 1 aromatic heterocycles. The average molecular weight is 488 g/mol. The molecule has 2 fully saturated rings. The van der Waals surface area contributed by atoms with E-state index in [2.05, 4.69) is 22.1 Å². The highest BCUT2D eigenvalue weighted by Crippen LogP contribution is 2.40. The number of imide groups is 1. The van der Waals surface area contributed by atoms with Crippen molar-refractivity contribution in [1.29, 1.82) is 0 Å². The summed E-state index contributed by atoms with van der Waals surface area (Å²) in [5.41, 5.74) is 3.60. The molecule has 36 heavy (non-hydrogen) atoms. The Morgan fingerprint density at radius 2 is 1.67 bits per heavy atom. The zero-order valence-corrected chi connectivity index (χ0v) is 20.4. The Balaban J connectivity index is 1.14. The Morgan fingerprint density at radius 3 is 2.31 bits per heavy atom. The number of piperidine rings is 1. The van der Waals surface area contributed by atoms with Gasteiger partial charge >= 0.3 is 6.03 Å². The van der Waals surface area contributed by atoms with Crippen molar-refractivity contribution in [2.45, 2.75) is 50.7 Å². The van der Waals surface area contributed by atoms with Crippen molar-refractivity contribution in [3.63, 3.8) is 0 Å². The first kappa shape index (κ1) is 22.9. The zero-order valence-electron chi connectivity index (χ0n) is 20.4. The van der Waals surface area contributed by atoms with Gasteiger partial charge in [0.2, 0.25) is 0 Å². The molecule has 0 N–H and O–H groups in total. The lowest BCUT2D eigenvalue weighted by Crippen LogP contribution is -2.56. The molecular weight excluding hydrogens is 457 g/mol. The number of fused-ring (bicyclic) bond motifs is 1. The summed E-state index contributed by atoms with van der Waals surface area (Å²) >= 11 is 0. The molecule has 3 heterocycles. The third kappa shape index (κ3) is 3.71. The molecule has 1 aliphatic carbocycles. The van der Waals surface area contributed by atoms with Crippen molar-refractivity contribution in [2.24, 2.45) is 0 Å². The molecule has 0 saturated carbocycles. The molecule has 3 aromatic rings. The fourth-order valence-electron chi connectivity index (χ4n) is 6.22. The van der Waals surface area contributed by atoms with Gasteiger partial charge in [-0.05, 0) is 68.0 Å². The smallest absolute Gasteiger partial charge is 0.310 e. The second-order valence-electron chi connectivity index (χ2n) is 10.1. The quantitative estimate of drug-likeness (QED) is 0.514. The van der Waals surface area contributed by atoms with Crippen LogP contribution in [0.3, 0.4) is 0 Å². The number of hydrogen-bond acceptors (Lipinski definition) is 4. The molecular formula is C28H30FN5O2. The molecule has 1 spiro atoms. The third-order valence-electron chi connectivity index (χ3n) is 8.10. The van der Waals surface area contributed by atoms with E-state index in [4.69, 9.17) is 0 Å². The number of rotatable bonds is 5. The SMILES string of the molecule is CCN1C(=O)N(C2Cc3ccccc3C2)C(=O)C12CCN(Cc1cnn(-c3ccc(F)cc3)c1)CC2. The van der Waals surface area contributed by atoms with Gasteiger partial charge in [-0.3, -0.25) is 14.6 Å². The lowest BCUT2D eigenvalue weighted by Gasteiger charge is -2.41. The number of urea groups is 1. The molecule has 0 radical (unpaired) electrons. The Labute approximate surface area is 210 Å². The first-order valence-electron chi connectivity index (χ1n) is 12.7. The molecule has 2 aliphatic heterocycles. The lowest BCUT2D eigenvalue weighted by molar-refractivity contribution is -0.137. The summed E-state index contributed by atoms with van der Waals surface area (Å²) in [7, 11) is 0. The van der Waals surface area contributed by atoms with Crippen molar-refractivity contribution in [2.75, 3.05) is 19.6 Å². The van der Waals surface area contributed by atoms with Crippen molar-refractivity contribution in [1.82, 2.24) is 24.5 Å². The number of nitrogens with zero attached hydrogens (tertiary/aromatic N) is 5. The van der Waals surface area contributed by atoms with E-state index in [1.807, 2.05) is 36.4 Å². The minimum atomic E-state index is -0.741. The van der Waals surface area contributed by atoms with Gasteiger partial charge in [-0.15, -0.1) is 0 Å². The number of likely N-dealkylation sites (tertiary alicyclic amines) is 1.